The van der Waals surface area contributed by atoms with Crippen LogP contribution in [-0.4, -0.2) is 43.5 Å². The Morgan fingerprint density at radius 1 is 0.967 bits per heavy atom. The van der Waals surface area contributed by atoms with Crippen LogP contribution in [0.2, 0.25) is 0 Å². The molecule has 1 fully saturated rings. The number of hydrogen-bond donors (Lipinski definition) is 1. The molecule has 1 amide bonds. The van der Waals surface area contributed by atoms with Crippen LogP contribution in [-0.2, 0) is 23.8 Å². The van der Waals surface area contributed by atoms with E-state index in [1.165, 1.54) is 12.1 Å². The van der Waals surface area contributed by atoms with E-state index in [1.54, 1.807) is 6.07 Å². The van der Waals surface area contributed by atoms with E-state index in [9.17, 15) is 18.0 Å². The van der Waals surface area contributed by atoms with Crippen molar-refractivity contribution in [2.75, 3.05) is 42.9 Å². The van der Waals surface area contributed by atoms with Crippen molar-refractivity contribution in [2.45, 2.75) is 32.9 Å². The lowest BCUT2D eigenvalue weighted by Gasteiger charge is -2.36. The van der Waals surface area contributed by atoms with Gasteiger partial charge in [0.2, 0.25) is 5.91 Å². The third kappa shape index (κ3) is 5.33. The van der Waals surface area contributed by atoms with Gasteiger partial charge in [0.1, 0.15) is 0 Å². The number of hydrogen-bond acceptors (Lipinski definition) is 3. The van der Waals surface area contributed by atoms with Gasteiger partial charge in [0, 0.05) is 37.6 Å². The SMILES string of the molecule is CCc1cccc(CC)c1NC(=O)CN1CCN(c2cccc(C(F)(F)F)c2)CC1. The minimum absolute atomic E-state index is 0.0573. The molecule has 2 aromatic carbocycles. The van der Waals surface area contributed by atoms with Crippen LogP contribution in [0.5, 0.6) is 0 Å². The predicted octanol–water partition coefficient (Wildman–Crippen LogP) is 4.59. The molecule has 0 radical (unpaired) electrons. The first-order valence-corrected chi connectivity index (χ1v) is 10.4. The summed E-state index contributed by atoms with van der Waals surface area (Å²) in [6.45, 7) is 6.83. The minimum Gasteiger partial charge on any atom is -0.369 e. The van der Waals surface area contributed by atoms with Gasteiger partial charge in [-0.25, -0.2) is 0 Å². The molecule has 2 aromatic rings. The first kappa shape index (κ1) is 22.2. The number of benzene rings is 2. The number of piperazine rings is 1. The first-order chi connectivity index (χ1) is 14.3. The number of alkyl halides is 3. The molecule has 3 rings (SSSR count). The Morgan fingerprint density at radius 3 is 2.13 bits per heavy atom. The summed E-state index contributed by atoms with van der Waals surface area (Å²) in [4.78, 5) is 16.6. The van der Waals surface area contributed by atoms with E-state index in [-0.39, 0.29) is 12.5 Å². The van der Waals surface area contributed by atoms with Crippen LogP contribution < -0.4 is 10.2 Å². The Hall–Kier alpha value is -2.54. The number of amides is 1. The highest BCUT2D eigenvalue weighted by atomic mass is 19.4. The fourth-order valence-electron chi connectivity index (χ4n) is 3.83. The van der Waals surface area contributed by atoms with Gasteiger partial charge in [-0.2, -0.15) is 13.2 Å². The molecule has 0 aromatic heterocycles. The average Bonchev–Trinajstić information content (AvgIpc) is 2.74. The molecule has 0 bridgehead atoms. The maximum Gasteiger partial charge on any atom is 0.416 e. The maximum absolute atomic E-state index is 13.0. The monoisotopic (exact) mass is 419 g/mol. The summed E-state index contributed by atoms with van der Waals surface area (Å²) in [6, 6.07) is 11.5. The van der Waals surface area contributed by atoms with Crippen LogP contribution in [0.1, 0.15) is 30.5 Å². The lowest BCUT2D eigenvalue weighted by molar-refractivity contribution is -0.137. The number of carbonyl (C=O) groups is 1. The molecule has 0 unspecified atom stereocenters. The number of para-hydroxylation sites is 1. The third-order valence-electron chi connectivity index (χ3n) is 5.54. The molecule has 1 saturated heterocycles. The van der Waals surface area contributed by atoms with Crippen LogP contribution in [0.25, 0.3) is 0 Å². The van der Waals surface area contributed by atoms with Crippen molar-refractivity contribution in [3.63, 3.8) is 0 Å². The Bertz CT molecular complexity index is 852. The quantitative estimate of drug-likeness (QED) is 0.744. The van der Waals surface area contributed by atoms with Gasteiger partial charge in [0.15, 0.2) is 0 Å². The lowest BCUT2D eigenvalue weighted by Crippen LogP contribution is -2.48. The van der Waals surface area contributed by atoms with Gasteiger partial charge < -0.3 is 10.2 Å². The molecule has 1 aliphatic heterocycles. The molecule has 30 heavy (non-hydrogen) atoms. The average molecular weight is 419 g/mol. The highest BCUT2D eigenvalue weighted by Crippen LogP contribution is 2.32. The van der Waals surface area contributed by atoms with E-state index in [0.717, 1.165) is 35.7 Å². The molecule has 0 saturated carbocycles. The maximum atomic E-state index is 13.0. The van der Waals surface area contributed by atoms with Crippen molar-refractivity contribution >= 4 is 17.3 Å². The highest BCUT2D eigenvalue weighted by Gasteiger charge is 2.31. The molecule has 0 aliphatic carbocycles. The molecule has 4 nitrogen and oxygen atoms in total. The van der Waals surface area contributed by atoms with E-state index in [2.05, 4.69) is 19.2 Å². The number of aryl methyl sites for hydroxylation is 2. The fourth-order valence-corrected chi connectivity index (χ4v) is 3.83. The minimum atomic E-state index is -4.35. The van der Waals surface area contributed by atoms with E-state index in [0.29, 0.717) is 31.9 Å². The molecular weight excluding hydrogens is 391 g/mol. The summed E-state index contributed by atoms with van der Waals surface area (Å²) < 4.78 is 38.9. The van der Waals surface area contributed by atoms with Gasteiger partial charge in [0.25, 0.3) is 0 Å². The van der Waals surface area contributed by atoms with Gasteiger partial charge >= 0.3 is 6.18 Å². The van der Waals surface area contributed by atoms with Crippen molar-refractivity contribution in [1.29, 1.82) is 0 Å². The van der Waals surface area contributed by atoms with Crippen molar-refractivity contribution in [1.82, 2.24) is 4.90 Å². The molecule has 1 heterocycles. The normalized spacial score (nSPS) is 15.3. The Kier molecular flexibility index (Phi) is 7.02. The van der Waals surface area contributed by atoms with Gasteiger partial charge in [-0.1, -0.05) is 38.1 Å². The number of carbonyl (C=O) groups excluding carboxylic acids is 1. The van der Waals surface area contributed by atoms with E-state index in [1.807, 2.05) is 28.0 Å². The van der Waals surface area contributed by atoms with Crippen LogP contribution in [0.4, 0.5) is 24.5 Å². The summed E-state index contributed by atoms with van der Waals surface area (Å²) in [7, 11) is 0. The van der Waals surface area contributed by atoms with Crippen molar-refractivity contribution in [2.24, 2.45) is 0 Å². The number of nitrogens with one attached hydrogen (secondary N) is 1. The van der Waals surface area contributed by atoms with E-state index >= 15 is 0 Å². The van der Waals surface area contributed by atoms with Crippen LogP contribution in [0, 0.1) is 0 Å². The Labute approximate surface area is 175 Å². The Balaban J connectivity index is 1.57. The zero-order chi connectivity index (χ0) is 21.7. The molecule has 0 spiro atoms. The second-order valence-corrected chi connectivity index (χ2v) is 7.52. The number of anilines is 2. The molecule has 1 N–H and O–H groups in total. The number of rotatable bonds is 6. The fraction of sp³-hybridized carbons (Fsp3) is 0.435. The zero-order valence-corrected chi connectivity index (χ0v) is 17.4. The topological polar surface area (TPSA) is 35.6 Å². The standard InChI is InChI=1S/C23H28F3N3O/c1-3-17-7-5-8-18(4-2)22(17)27-21(30)16-28-11-13-29(14-12-28)20-10-6-9-19(15-20)23(24,25)26/h5-10,15H,3-4,11-14,16H2,1-2H3,(H,27,30). The summed E-state index contributed by atoms with van der Waals surface area (Å²) in [5.74, 6) is -0.0573. The van der Waals surface area contributed by atoms with Crippen molar-refractivity contribution < 1.29 is 18.0 Å². The molecule has 162 valence electrons. The third-order valence-corrected chi connectivity index (χ3v) is 5.54. The lowest BCUT2D eigenvalue weighted by atomic mass is 10.0. The zero-order valence-electron chi connectivity index (χ0n) is 17.4. The van der Waals surface area contributed by atoms with E-state index < -0.39 is 11.7 Å². The highest BCUT2D eigenvalue weighted by molar-refractivity contribution is 5.93. The van der Waals surface area contributed by atoms with E-state index in [4.69, 9.17) is 0 Å². The van der Waals surface area contributed by atoms with Gasteiger partial charge in [-0.15, -0.1) is 0 Å². The molecule has 0 atom stereocenters. The predicted molar refractivity (Wildman–Crippen MR) is 114 cm³/mol. The summed E-state index contributed by atoms with van der Waals surface area (Å²) >= 11 is 0. The van der Waals surface area contributed by atoms with Gasteiger partial charge in [0.05, 0.1) is 12.1 Å². The smallest absolute Gasteiger partial charge is 0.369 e. The van der Waals surface area contributed by atoms with Crippen molar-refractivity contribution in [3.8, 4) is 0 Å². The summed E-state index contributed by atoms with van der Waals surface area (Å²) in [5.41, 5.74) is 3.09. The first-order valence-electron chi connectivity index (χ1n) is 10.4. The Morgan fingerprint density at radius 2 is 1.57 bits per heavy atom. The second-order valence-electron chi connectivity index (χ2n) is 7.52. The number of nitrogens with zero attached hydrogens (tertiary/aromatic N) is 2. The van der Waals surface area contributed by atoms with Crippen LogP contribution >= 0.6 is 0 Å². The summed E-state index contributed by atoms with van der Waals surface area (Å²) in [5, 5.41) is 3.08. The van der Waals surface area contributed by atoms with Crippen LogP contribution in [0.15, 0.2) is 42.5 Å². The van der Waals surface area contributed by atoms with Gasteiger partial charge in [-0.3, -0.25) is 9.69 Å². The summed E-state index contributed by atoms with van der Waals surface area (Å²) in [6.07, 6.45) is -2.65. The number of halogens is 3. The molecule has 1 aliphatic rings. The van der Waals surface area contributed by atoms with Crippen molar-refractivity contribution in [3.05, 3.63) is 59.2 Å². The van der Waals surface area contributed by atoms with Gasteiger partial charge in [-0.05, 0) is 42.2 Å². The second kappa shape index (κ2) is 9.51. The molecular formula is C23H28F3N3O. The largest absolute Gasteiger partial charge is 0.416 e. The molecule has 7 heteroatoms. The van der Waals surface area contributed by atoms with Crippen LogP contribution in [0.3, 0.4) is 0 Å².